The van der Waals surface area contributed by atoms with Gasteiger partial charge in [0.05, 0.1) is 11.7 Å². The van der Waals surface area contributed by atoms with Gasteiger partial charge in [-0.15, -0.1) is 0 Å². The summed E-state index contributed by atoms with van der Waals surface area (Å²) in [5.74, 6) is -0.0715. The van der Waals surface area contributed by atoms with Gasteiger partial charge in [-0.25, -0.2) is 8.42 Å². The lowest BCUT2D eigenvalue weighted by molar-refractivity contribution is -0.131. The molecule has 0 N–H and O–H groups in total. The number of hydrogen-bond acceptors (Lipinski definition) is 3. The van der Waals surface area contributed by atoms with Crippen LogP contribution in [0.3, 0.4) is 0 Å². The Morgan fingerprint density at radius 1 is 1.38 bits per heavy atom. The lowest BCUT2D eigenvalue weighted by Gasteiger charge is -2.29. The summed E-state index contributed by atoms with van der Waals surface area (Å²) < 4.78 is 23.6. The first kappa shape index (κ1) is 16.3. The Morgan fingerprint density at radius 3 is 2.71 bits per heavy atom. The molecule has 1 aromatic rings. The molecule has 0 aliphatic heterocycles. The summed E-state index contributed by atoms with van der Waals surface area (Å²) in [5.41, 5.74) is 0.841. The average Bonchev–Trinajstić information content (AvgIpc) is 2.86. The van der Waals surface area contributed by atoms with E-state index in [1.54, 1.807) is 30.1 Å². The maximum absolute atomic E-state index is 12.4. The third-order valence-corrected chi connectivity index (χ3v) is 5.99. The highest BCUT2D eigenvalue weighted by molar-refractivity contribution is 7.91. The molecule has 0 bridgehead atoms. The van der Waals surface area contributed by atoms with Crippen molar-refractivity contribution in [3.05, 3.63) is 34.9 Å². The van der Waals surface area contributed by atoms with Gasteiger partial charge in [-0.3, -0.25) is 4.79 Å². The van der Waals surface area contributed by atoms with Gasteiger partial charge in [-0.2, -0.15) is 0 Å². The predicted molar refractivity (Wildman–Crippen MR) is 84.2 cm³/mol. The smallest absolute Gasteiger partial charge is 0.227 e. The topological polar surface area (TPSA) is 54.5 Å². The summed E-state index contributed by atoms with van der Waals surface area (Å²) >= 11 is 5.91. The molecule has 0 saturated heterocycles. The van der Waals surface area contributed by atoms with Gasteiger partial charge in [0.15, 0.2) is 9.84 Å². The highest BCUT2D eigenvalue weighted by atomic mass is 35.5. The first-order valence-electron chi connectivity index (χ1n) is 6.98. The summed E-state index contributed by atoms with van der Waals surface area (Å²) in [4.78, 5) is 14.0. The van der Waals surface area contributed by atoms with E-state index in [2.05, 4.69) is 0 Å². The van der Waals surface area contributed by atoms with Crippen LogP contribution in [0.1, 0.15) is 24.8 Å². The van der Waals surface area contributed by atoms with E-state index < -0.39 is 15.1 Å². The van der Waals surface area contributed by atoms with Crippen molar-refractivity contribution in [3.63, 3.8) is 0 Å². The van der Waals surface area contributed by atoms with Gasteiger partial charge in [-0.05, 0) is 37.0 Å². The number of rotatable bonds is 4. The van der Waals surface area contributed by atoms with Crippen LogP contribution in [0.5, 0.6) is 0 Å². The minimum absolute atomic E-state index is 0.0715. The zero-order valence-electron chi connectivity index (χ0n) is 12.3. The van der Waals surface area contributed by atoms with E-state index in [1.165, 1.54) is 6.26 Å². The van der Waals surface area contributed by atoms with Crippen LogP contribution < -0.4 is 0 Å². The Labute approximate surface area is 131 Å². The number of carbonyl (C=O) groups excluding carboxylic acids is 1. The normalized spacial score (nSPS) is 22.2. The van der Waals surface area contributed by atoms with Crippen LogP contribution in [-0.4, -0.2) is 43.8 Å². The van der Waals surface area contributed by atoms with E-state index in [0.29, 0.717) is 11.4 Å². The van der Waals surface area contributed by atoms with Crippen molar-refractivity contribution in [2.75, 3.05) is 13.3 Å². The van der Waals surface area contributed by atoms with Gasteiger partial charge in [-0.1, -0.05) is 23.7 Å². The average molecular weight is 330 g/mol. The maximum Gasteiger partial charge on any atom is 0.227 e. The fraction of sp³-hybridized carbons (Fsp3) is 0.533. The van der Waals surface area contributed by atoms with Crippen molar-refractivity contribution in [1.82, 2.24) is 4.90 Å². The summed E-state index contributed by atoms with van der Waals surface area (Å²) in [6.07, 6.45) is 3.72. The Bertz CT molecular complexity index is 630. The number of halogens is 1. The molecule has 0 unspecified atom stereocenters. The van der Waals surface area contributed by atoms with Crippen molar-refractivity contribution >= 4 is 27.3 Å². The second kappa shape index (κ2) is 6.36. The molecule has 1 aromatic carbocycles. The monoisotopic (exact) mass is 329 g/mol. The van der Waals surface area contributed by atoms with Crippen LogP contribution >= 0.6 is 11.6 Å². The van der Waals surface area contributed by atoms with Gasteiger partial charge in [0, 0.05) is 24.4 Å². The molecule has 116 valence electrons. The van der Waals surface area contributed by atoms with Crippen molar-refractivity contribution in [3.8, 4) is 0 Å². The minimum Gasteiger partial charge on any atom is -0.341 e. The summed E-state index contributed by atoms with van der Waals surface area (Å²) in [6, 6.07) is 6.96. The maximum atomic E-state index is 12.4. The molecule has 0 aromatic heterocycles. The van der Waals surface area contributed by atoms with Crippen LogP contribution in [0.25, 0.3) is 0 Å². The lowest BCUT2D eigenvalue weighted by atomic mass is 10.1. The molecule has 2 rings (SSSR count). The summed E-state index contributed by atoms with van der Waals surface area (Å²) in [7, 11) is -1.43. The van der Waals surface area contributed by atoms with E-state index in [-0.39, 0.29) is 18.4 Å². The third-order valence-electron chi connectivity index (χ3n) is 4.10. The summed E-state index contributed by atoms with van der Waals surface area (Å²) in [6.45, 7) is 0. The largest absolute Gasteiger partial charge is 0.341 e. The standard InChI is InChI=1S/C15H20ClNO3S/c1-17(13-7-4-8-14(13)21(2,19)20)15(18)10-11-5-3-6-12(16)9-11/h3,5-6,9,13-14H,4,7-8,10H2,1-2H3/t13-,14+/m1/s1. The first-order chi connectivity index (χ1) is 9.79. The molecule has 0 heterocycles. The fourth-order valence-corrected chi connectivity index (χ4v) is 4.68. The van der Waals surface area contributed by atoms with Crippen LogP contribution in [0.4, 0.5) is 0 Å². The third kappa shape index (κ3) is 3.98. The number of likely N-dealkylation sites (N-methyl/N-ethyl adjacent to an activating group) is 1. The molecule has 1 aliphatic rings. The molecule has 0 spiro atoms. The number of amides is 1. The molecular formula is C15H20ClNO3S. The Hall–Kier alpha value is -1.07. The molecular weight excluding hydrogens is 310 g/mol. The fourth-order valence-electron chi connectivity index (χ4n) is 2.98. The second-order valence-electron chi connectivity index (χ2n) is 5.68. The van der Waals surface area contributed by atoms with Crippen LogP contribution in [0.15, 0.2) is 24.3 Å². The molecule has 1 aliphatic carbocycles. The minimum atomic E-state index is -3.12. The zero-order chi connectivity index (χ0) is 15.6. The van der Waals surface area contributed by atoms with E-state index in [0.717, 1.165) is 18.4 Å². The van der Waals surface area contributed by atoms with Crippen molar-refractivity contribution < 1.29 is 13.2 Å². The highest BCUT2D eigenvalue weighted by Gasteiger charge is 2.38. The molecule has 2 atom stereocenters. The Balaban J connectivity index is 2.09. The van der Waals surface area contributed by atoms with Gasteiger partial charge in [0.1, 0.15) is 0 Å². The Kier molecular flexibility index (Phi) is 4.94. The molecule has 0 radical (unpaired) electrons. The second-order valence-corrected chi connectivity index (χ2v) is 8.38. The molecule has 21 heavy (non-hydrogen) atoms. The van der Waals surface area contributed by atoms with E-state index in [9.17, 15) is 13.2 Å². The highest BCUT2D eigenvalue weighted by Crippen LogP contribution is 2.29. The number of carbonyl (C=O) groups is 1. The molecule has 1 saturated carbocycles. The first-order valence-corrected chi connectivity index (χ1v) is 9.31. The molecule has 4 nitrogen and oxygen atoms in total. The van der Waals surface area contributed by atoms with E-state index in [1.807, 2.05) is 6.07 Å². The van der Waals surface area contributed by atoms with Crippen LogP contribution in [-0.2, 0) is 21.1 Å². The predicted octanol–water partition coefficient (Wildman–Crippen LogP) is 2.31. The van der Waals surface area contributed by atoms with E-state index in [4.69, 9.17) is 11.6 Å². The van der Waals surface area contributed by atoms with Crippen molar-refractivity contribution in [2.45, 2.75) is 37.0 Å². The van der Waals surface area contributed by atoms with Crippen molar-refractivity contribution in [1.29, 1.82) is 0 Å². The zero-order valence-corrected chi connectivity index (χ0v) is 13.8. The summed E-state index contributed by atoms with van der Waals surface area (Å²) in [5, 5.41) is 0.156. The van der Waals surface area contributed by atoms with Gasteiger partial charge in [0.25, 0.3) is 0 Å². The molecule has 1 fully saturated rings. The van der Waals surface area contributed by atoms with Crippen molar-refractivity contribution in [2.24, 2.45) is 0 Å². The van der Waals surface area contributed by atoms with Gasteiger partial charge in [0.2, 0.25) is 5.91 Å². The van der Waals surface area contributed by atoms with Gasteiger partial charge >= 0.3 is 0 Å². The number of hydrogen-bond donors (Lipinski definition) is 0. The van der Waals surface area contributed by atoms with Crippen LogP contribution in [0.2, 0.25) is 5.02 Å². The Morgan fingerprint density at radius 2 is 2.10 bits per heavy atom. The quantitative estimate of drug-likeness (QED) is 0.851. The lowest BCUT2D eigenvalue weighted by Crippen LogP contribution is -2.45. The van der Waals surface area contributed by atoms with Crippen LogP contribution in [0, 0.1) is 0 Å². The number of sulfone groups is 1. The number of benzene rings is 1. The van der Waals surface area contributed by atoms with Gasteiger partial charge < -0.3 is 4.90 Å². The van der Waals surface area contributed by atoms with E-state index >= 15 is 0 Å². The molecule has 6 heteroatoms. The molecule has 1 amide bonds. The number of nitrogens with zero attached hydrogens (tertiary/aromatic N) is 1. The SMILES string of the molecule is CN(C(=O)Cc1cccc(Cl)c1)[C@@H]1CCC[C@@H]1S(C)(=O)=O.